The molecule has 4 atom stereocenters. The van der Waals surface area contributed by atoms with E-state index in [1.54, 1.807) is 27.8 Å². The molecule has 0 bridgehead atoms. The molecule has 1 spiro atoms. The van der Waals surface area contributed by atoms with E-state index in [1.165, 1.54) is 5.57 Å². The van der Waals surface area contributed by atoms with Gasteiger partial charge in [0, 0.05) is 55.4 Å². The number of anilines is 2. The van der Waals surface area contributed by atoms with Crippen molar-refractivity contribution >= 4 is 37.5 Å². The molecule has 2 N–H and O–H groups in total. The van der Waals surface area contributed by atoms with Gasteiger partial charge in [0.05, 0.1) is 31.4 Å². The number of hydrogen-bond donors (Lipinski definition) is 2. The second-order valence-corrected chi connectivity index (χ2v) is 18.5. The molecule has 11 heteroatoms. The number of ether oxygens (including phenoxy) is 1. The SMILES string of the molecule is CC(C)=CCC/C(C)=C/CN1C(=O)[C@@]2(O[C@@H](CC(=O)N(CCO)Cc3ccccc3)[C@H]([Si](C)(C)F)[C@H]2C)c2cc(N3CCNCC3=O)ccc21. The van der Waals surface area contributed by atoms with Crippen molar-refractivity contribution in [3.63, 3.8) is 0 Å². The summed E-state index contributed by atoms with van der Waals surface area (Å²) in [5.74, 6) is -1.19. The molecular formula is C39H53FN4O5Si. The first kappa shape index (κ1) is 37.6. The van der Waals surface area contributed by atoms with Crippen molar-refractivity contribution in [2.75, 3.05) is 49.1 Å². The van der Waals surface area contributed by atoms with E-state index in [0.717, 1.165) is 24.0 Å². The summed E-state index contributed by atoms with van der Waals surface area (Å²) in [5, 5.41) is 12.9. The highest BCUT2D eigenvalue weighted by Crippen LogP contribution is 2.60. The maximum atomic E-state index is 16.5. The van der Waals surface area contributed by atoms with Gasteiger partial charge in [-0.05, 0) is 70.5 Å². The number of nitrogens with zero attached hydrogens (tertiary/aromatic N) is 3. The minimum atomic E-state index is -3.53. The van der Waals surface area contributed by atoms with Crippen LogP contribution in [0.1, 0.15) is 58.1 Å². The monoisotopic (exact) mass is 704 g/mol. The number of benzene rings is 2. The molecule has 2 aromatic rings. The van der Waals surface area contributed by atoms with Crippen LogP contribution in [0.3, 0.4) is 0 Å². The molecule has 2 aromatic carbocycles. The minimum Gasteiger partial charge on any atom is -0.395 e. The number of nitrogens with one attached hydrogen (secondary N) is 1. The molecule has 0 radical (unpaired) electrons. The van der Waals surface area contributed by atoms with E-state index >= 15 is 4.11 Å². The number of allylic oxidation sites excluding steroid dienone is 3. The molecule has 9 nitrogen and oxygen atoms in total. The Balaban J connectivity index is 1.53. The van der Waals surface area contributed by atoms with Gasteiger partial charge in [0.25, 0.3) is 5.91 Å². The molecule has 2 fully saturated rings. The van der Waals surface area contributed by atoms with E-state index in [9.17, 15) is 19.5 Å². The molecule has 5 rings (SSSR count). The maximum Gasteiger partial charge on any atom is 0.264 e. The molecule has 3 amide bonds. The fourth-order valence-electron chi connectivity index (χ4n) is 7.92. The number of aliphatic hydroxyl groups is 1. The predicted octanol–water partition coefficient (Wildman–Crippen LogP) is 5.85. The highest BCUT2D eigenvalue weighted by atomic mass is 28.4. The zero-order chi connectivity index (χ0) is 36.2. The van der Waals surface area contributed by atoms with Gasteiger partial charge < -0.3 is 34.0 Å². The van der Waals surface area contributed by atoms with Gasteiger partial charge in [-0.2, -0.15) is 0 Å². The van der Waals surface area contributed by atoms with Crippen LogP contribution in [0.25, 0.3) is 0 Å². The molecule has 270 valence electrons. The van der Waals surface area contributed by atoms with Crippen molar-refractivity contribution in [2.45, 2.75) is 83.8 Å². The van der Waals surface area contributed by atoms with Crippen molar-refractivity contribution in [3.8, 4) is 0 Å². The summed E-state index contributed by atoms with van der Waals surface area (Å²) in [6, 6.07) is 15.2. The summed E-state index contributed by atoms with van der Waals surface area (Å²) < 4.78 is 23.4. The number of amides is 3. The average molecular weight is 705 g/mol. The van der Waals surface area contributed by atoms with E-state index in [4.69, 9.17) is 4.74 Å². The van der Waals surface area contributed by atoms with Crippen molar-refractivity contribution < 1.29 is 28.3 Å². The fourth-order valence-corrected chi connectivity index (χ4v) is 10.4. The van der Waals surface area contributed by atoms with Crippen LogP contribution >= 0.6 is 0 Å². The smallest absolute Gasteiger partial charge is 0.264 e. The minimum absolute atomic E-state index is 0.0669. The van der Waals surface area contributed by atoms with Crippen LogP contribution < -0.4 is 15.1 Å². The lowest BCUT2D eigenvalue weighted by atomic mass is 9.82. The van der Waals surface area contributed by atoms with Crippen LogP contribution in [0.15, 0.2) is 71.8 Å². The molecule has 0 unspecified atom stereocenters. The van der Waals surface area contributed by atoms with Gasteiger partial charge in [0.1, 0.15) is 0 Å². The number of rotatable bonds is 13. The van der Waals surface area contributed by atoms with Crippen LogP contribution in [0, 0.1) is 5.92 Å². The average Bonchev–Trinajstić information content (AvgIpc) is 3.49. The number of halogens is 1. The van der Waals surface area contributed by atoms with Crippen LogP contribution in [-0.4, -0.2) is 81.6 Å². The van der Waals surface area contributed by atoms with Gasteiger partial charge in [0.15, 0.2) is 5.60 Å². The Hall–Kier alpha value is -3.64. The molecule has 2 saturated heterocycles. The summed E-state index contributed by atoms with van der Waals surface area (Å²) in [4.78, 5) is 46.8. The zero-order valence-electron chi connectivity index (χ0n) is 30.4. The van der Waals surface area contributed by atoms with Gasteiger partial charge in [-0.1, -0.05) is 60.6 Å². The first-order valence-electron chi connectivity index (χ1n) is 17.8. The van der Waals surface area contributed by atoms with E-state index < -0.39 is 31.6 Å². The van der Waals surface area contributed by atoms with E-state index in [1.807, 2.05) is 55.5 Å². The van der Waals surface area contributed by atoms with E-state index in [-0.39, 0.29) is 43.8 Å². The lowest BCUT2D eigenvalue weighted by Gasteiger charge is -2.32. The summed E-state index contributed by atoms with van der Waals surface area (Å²) in [7, 11) is -3.53. The topological polar surface area (TPSA) is 102 Å². The second-order valence-electron chi connectivity index (χ2n) is 14.7. The number of hydrogen-bond acceptors (Lipinski definition) is 6. The van der Waals surface area contributed by atoms with Gasteiger partial charge in [-0.25, -0.2) is 0 Å². The summed E-state index contributed by atoms with van der Waals surface area (Å²) in [5.41, 5.74) is 3.09. The summed E-state index contributed by atoms with van der Waals surface area (Å²) in [6.07, 6.45) is 5.06. The van der Waals surface area contributed by atoms with Gasteiger partial charge in [-0.3, -0.25) is 14.4 Å². The summed E-state index contributed by atoms with van der Waals surface area (Å²) >= 11 is 0. The molecule has 3 aliphatic rings. The van der Waals surface area contributed by atoms with Gasteiger partial charge in [-0.15, -0.1) is 0 Å². The van der Waals surface area contributed by atoms with Gasteiger partial charge in [0.2, 0.25) is 20.2 Å². The molecule has 0 aliphatic carbocycles. The van der Waals surface area contributed by atoms with E-state index in [2.05, 4.69) is 38.2 Å². The van der Waals surface area contributed by atoms with Crippen LogP contribution in [-0.2, 0) is 31.3 Å². The quantitative estimate of drug-likeness (QED) is 0.154. The molecule has 0 saturated carbocycles. The normalized spacial score (nSPS) is 23.8. The number of fused-ring (bicyclic) bond motifs is 2. The maximum absolute atomic E-state index is 16.5. The van der Waals surface area contributed by atoms with Crippen LogP contribution in [0.4, 0.5) is 15.5 Å². The van der Waals surface area contributed by atoms with Crippen LogP contribution in [0.2, 0.25) is 18.6 Å². The van der Waals surface area contributed by atoms with Crippen molar-refractivity contribution in [2.24, 2.45) is 5.92 Å². The van der Waals surface area contributed by atoms with Crippen LogP contribution in [0.5, 0.6) is 0 Å². The number of carbonyl (C=O) groups excluding carboxylic acids is 3. The Morgan fingerprint density at radius 2 is 1.88 bits per heavy atom. The third kappa shape index (κ3) is 7.81. The Kier molecular flexibility index (Phi) is 11.8. The number of piperazine rings is 1. The van der Waals surface area contributed by atoms with Gasteiger partial charge >= 0.3 is 0 Å². The predicted molar refractivity (Wildman–Crippen MR) is 198 cm³/mol. The Labute approximate surface area is 297 Å². The zero-order valence-corrected chi connectivity index (χ0v) is 31.4. The fraction of sp³-hybridized carbons (Fsp3) is 0.513. The Morgan fingerprint density at radius 1 is 1.14 bits per heavy atom. The van der Waals surface area contributed by atoms with E-state index in [0.29, 0.717) is 43.1 Å². The number of carbonyl (C=O) groups is 3. The molecule has 3 heterocycles. The first-order valence-corrected chi connectivity index (χ1v) is 20.8. The molecular weight excluding hydrogens is 652 g/mol. The highest BCUT2D eigenvalue weighted by molar-refractivity contribution is 6.72. The molecule has 3 aliphatic heterocycles. The third-order valence-electron chi connectivity index (χ3n) is 10.4. The Bertz CT molecular complexity index is 1620. The molecule has 50 heavy (non-hydrogen) atoms. The summed E-state index contributed by atoms with van der Waals surface area (Å²) in [6.45, 7) is 13.2. The lowest BCUT2D eigenvalue weighted by Crippen LogP contribution is -2.48. The second kappa shape index (κ2) is 15.7. The lowest BCUT2D eigenvalue weighted by molar-refractivity contribution is -0.149. The third-order valence-corrected chi connectivity index (χ3v) is 12.8. The highest BCUT2D eigenvalue weighted by Gasteiger charge is 2.67. The first-order chi connectivity index (χ1) is 23.8. The standard InChI is InChI=1S/C39H53FN4O5Si/c1-27(2)11-10-12-28(3)17-19-44-33-16-15-31(43-20-18-41-25-36(43)47)23-32(33)39(38(44)48)29(4)37(50(5,6)40)34(49-39)24-35(46)42(21-22-45)26-30-13-8-7-9-14-30/h7-9,11,13-17,23,29,34,37,41,45H,10,12,18-22,24-26H2,1-6H3/b28-17+/t29-,34+,37-,39+/m1/s1. The molecule has 0 aromatic heterocycles. The Morgan fingerprint density at radius 3 is 2.54 bits per heavy atom. The van der Waals surface area contributed by atoms with Crippen molar-refractivity contribution in [3.05, 3.63) is 83.0 Å². The van der Waals surface area contributed by atoms with Crippen molar-refractivity contribution in [1.29, 1.82) is 0 Å². The largest absolute Gasteiger partial charge is 0.395 e. The van der Waals surface area contributed by atoms with Crippen molar-refractivity contribution in [1.82, 2.24) is 10.2 Å². The number of aliphatic hydroxyl groups excluding tert-OH is 1.